The summed E-state index contributed by atoms with van der Waals surface area (Å²) in [5, 5.41) is 2.89. The molecular weight excluding hydrogens is 405 g/mol. The van der Waals surface area contributed by atoms with Crippen LogP contribution in [-0.2, 0) is 4.79 Å². The molecular formula is C17H16IN3O2. The van der Waals surface area contributed by atoms with Gasteiger partial charge >= 0.3 is 0 Å². The average Bonchev–Trinajstić information content (AvgIpc) is 2.58. The molecule has 4 rings (SSSR count). The molecule has 0 bridgehead atoms. The monoisotopic (exact) mass is 421 g/mol. The molecule has 3 heterocycles. The fourth-order valence-electron chi connectivity index (χ4n) is 3.15. The van der Waals surface area contributed by atoms with E-state index in [9.17, 15) is 4.79 Å². The Kier molecular flexibility index (Phi) is 3.63. The van der Waals surface area contributed by atoms with Gasteiger partial charge in [0.2, 0.25) is 0 Å². The van der Waals surface area contributed by atoms with E-state index in [4.69, 9.17) is 4.74 Å². The molecule has 0 unspecified atom stereocenters. The standard InChI is InChI=1S/C17H16IN3O2/c18-12-3-5-13(6-4-12)21-10-7-17(8-11-21)16(22)20-15-14(23-17)2-1-9-19-15/h1-6,9H,7-8,10-11H2,(H,19,20,22). The zero-order valence-corrected chi connectivity index (χ0v) is 14.6. The molecule has 1 fully saturated rings. The molecule has 118 valence electrons. The molecule has 1 amide bonds. The topological polar surface area (TPSA) is 54.5 Å². The number of hydrogen-bond acceptors (Lipinski definition) is 4. The van der Waals surface area contributed by atoms with E-state index in [0.717, 1.165) is 13.1 Å². The number of aromatic nitrogens is 1. The van der Waals surface area contributed by atoms with Gasteiger partial charge in [-0.3, -0.25) is 4.79 Å². The van der Waals surface area contributed by atoms with Crippen LogP contribution in [0, 0.1) is 3.57 Å². The average molecular weight is 421 g/mol. The summed E-state index contributed by atoms with van der Waals surface area (Å²) in [5.74, 6) is 1.10. The minimum atomic E-state index is -0.768. The summed E-state index contributed by atoms with van der Waals surface area (Å²) in [6, 6.07) is 12.1. The number of nitrogens with zero attached hydrogens (tertiary/aromatic N) is 2. The number of carbonyl (C=O) groups excluding carboxylic acids is 1. The van der Waals surface area contributed by atoms with Crippen LogP contribution in [0.2, 0.25) is 0 Å². The minimum Gasteiger partial charge on any atom is -0.473 e. The maximum atomic E-state index is 12.5. The Balaban J connectivity index is 1.52. The molecule has 6 heteroatoms. The van der Waals surface area contributed by atoms with Gasteiger partial charge in [0.1, 0.15) is 0 Å². The number of pyridine rings is 1. The van der Waals surface area contributed by atoms with E-state index >= 15 is 0 Å². The Bertz CT molecular complexity index is 740. The molecule has 2 aromatic rings. The first-order valence-electron chi connectivity index (χ1n) is 7.62. The van der Waals surface area contributed by atoms with E-state index in [-0.39, 0.29) is 5.91 Å². The zero-order valence-electron chi connectivity index (χ0n) is 12.5. The molecule has 5 nitrogen and oxygen atoms in total. The summed E-state index contributed by atoms with van der Waals surface area (Å²) in [4.78, 5) is 19.0. The summed E-state index contributed by atoms with van der Waals surface area (Å²) in [6.45, 7) is 1.59. The van der Waals surface area contributed by atoms with Gasteiger partial charge in [-0.2, -0.15) is 0 Å². The lowest BCUT2D eigenvalue weighted by molar-refractivity contribution is -0.134. The molecule has 1 N–H and O–H groups in total. The Hall–Kier alpha value is -1.83. The van der Waals surface area contributed by atoms with Gasteiger partial charge in [0.05, 0.1) is 0 Å². The molecule has 0 atom stereocenters. The fourth-order valence-corrected chi connectivity index (χ4v) is 3.51. The number of carbonyl (C=O) groups is 1. The maximum Gasteiger partial charge on any atom is 0.269 e. The first kappa shape index (κ1) is 14.7. The second-order valence-electron chi connectivity index (χ2n) is 5.86. The number of rotatable bonds is 1. The number of halogens is 1. The van der Waals surface area contributed by atoms with Crippen LogP contribution in [0.1, 0.15) is 12.8 Å². The van der Waals surface area contributed by atoms with Crippen molar-refractivity contribution in [1.82, 2.24) is 4.98 Å². The lowest BCUT2D eigenvalue weighted by Gasteiger charge is -2.43. The fraction of sp³-hybridized carbons (Fsp3) is 0.294. The van der Waals surface area contributed by atoms with Crippen molar-refractivity contribution in [2.24, 2.45) is 0 Å². The van der Waals surface area contributed by atoms with Crippen molar-refractivity contribution in [3.05, 3.63) is 46.2 Å². The highest BCUT2D eigenvalue weighted by atomic mass is 127. The van der Waals surface area contributed by atoms with Gasteiger partial charge in [-0.25, -0.2) is 4.98 Å². The number of benzene rings is 1. The molecule has 23 heavy (non-hydrogen) atoms. The third-order valence-electron chi connectivity index (χ3n) is 4.48. The van der Waals surface area contributed by atoms with Gasteiger partial charge in [0, 0.05) is 41.4 Å². The molecule has 1 aromatic heterocycles. The van der Waals surface area contributed by atoms with E-state index < -0.39 is 5.60 Å². The molecule has 1 saturated heterocycles. The zero-order chi connectivity index (χ0) is 15.9. The summed E-state index contributed by atoms with van der Waals surface area (Å²) in [5.41, 5.74) is 0.425. The number of amides is 1. The molecule has 2 aliphatic rings. The number of hydrogen-bond donors (Lipinski definition) is 1. The van der Waals surface area contributed by atoms with Crippen molar-refractivity contribution < 1.29 is 9.53 Å². The van der Waals surface area contributed by atoms with Crippen molar-refractivity contribution >= 4 is 40.0 Å². The van der Waals surface area contributed by atoms with E-state index in [1.165, 1.54) is 9.26 Å². The Morgan fingerprint density at radius 2 is 1.91 bits per heavy atom. The van der Waals surface area contributed by atoms with Gasteiger partial charge in [-0.05, 0) is 59.0 Å². The Morgan fingerprint density at radius 1 is 1.17 bits per heavy atom. The van der Waals surface area contributed by atoms with Crippen LogP contribution in [0.15, 0.2) is 42.6 Å². The number of nitrogens with one attached hydrogen (secondary N) is 1. The maximum absolute atomic E-state index is 12.5. The highest BCUT2D eigenvalue weighted by molar-refractivity contribution is 14.1. The van der Waals surface area contributed by atoms with E-state index in [2.05, 4.69) is 62.1 Å². The predicted molar refractivity (Wildman–Crippen MR) is 96.8 cm³/mol. The molecule has 1 spiro atoms. The normalized spacial score (nSPS) is 19.0. The molecule has 0 radical (unpaired) electrons. The van der Waals surface area contributed by atoms with Gasteiger partial charge in [0.25, 0.3) is 5.91 Å². The van der Waals surface area contributed by atoms with Crippen molar-refractivity contribution in [1.29, 1.82) is 0 Å². The third kappa shape index (κ3) is 2.65. The second-order valence-corrected chi connectivity index (χ2v) is 7.11. The molecule has 1 aromatic carbocycles. The summed E-state index contributed by atoms with van der Waals surface area (Å²) < 4.78 is 7.29. The van der Waals surface area contributed by atoms with Crippen LogP contribution in [-0.4, -0.2) is 29.6 Å². The van der Waals surface area contributed by atoms with Crippen LogP contribution in [0.4, 0.5) is 11.5 Å². The highest BCUT2D eigenvalue weighted by Crippen LogP contribution is 2.38. The van der Waals surface area contributed by atoms with Crippen molar-refractivity contribution in [3.63, 3.8) is 0 Å². The second kappa shape index (κ2) is 5.67. The van der Waals surface area contributed by atoms with Crippen molar-refractivity contribution in [3.8, 4) is 5.75 Å². The lowest BCUT2D eigenvalue weighted by Crippen LogP contribution is -2.57. The van der Waals surface area contributed by atoms with E-state index in [1.807, 2.05) is 12.1 Å². The van der Waals surface area contributed by atoms with Crippen LogP contribution >= 0.6 is 22.6 Å². The first-order chi connectivity index (χ1) is 11.2. The van der Waals surface area contributed by atoms with E-state index in [1.54, 1.807) is 6.20 Å². The largest absolute Gasteiger partial charge is 0.473 e. The Labute approximate surface area is 148 Å². The van der Waals surface area contributed by atoms with Crippen molar-refractivity contribution in [2.45, 2.75) is 18.4 Å². The van der Waals surface area contributed by atoms with Gasteiger partial charge in [0.15, 0.2) is 17.2 Å². The first-order valence-corrected chi connectivity index (χ1v) is 8.70. The quantitative estimate of drug-likeness (QED) is 0.720. The van der Waals surface area contributed by atoms with E-state index in [0.29, 0.717) is 24.4 Å². The molecule has 0 saturated carbocycles. The van der Waals surface area contributed by atoms with Gasteiger partial charge in [-0.15, -0.1) is 0 Å². The molecule has 0 aliphatic carbocycles. The Morgan fingerprint density at radius 3 is 2.65 bits per heavy atom. The van der Waals surface area contributed by atoms with Gasteiger partial charge < -0.3 is 15.0 Å². The summed E-state index contributed by atoms with van der Waals surface area (Å²) >= 11 is 2.30. The van der Waals surface area contributed by atoms with Crippen LogP contribution < -0.4 is 15.0 Å². The number of anilines is 2. The molecule has 2 aliphatic heterocycles. The van der Waals surface area contributed by atoms with Crippen LogP contribution in [0.25, 0.3) is 0 Å². The van der Waals surface area contributed by atoms with Crippen LogP contribution in [0.5, 0.6) is 5.75 Å². The summed E-state index contributed by atoms with van der Waals surface area (Å²) in [7, 11) is 0. The number of piperidine rings is 1. The number of fused-ring (bicyclic) bond motifs is 1. The SMILES string of the molecule is O=C1Nc2ncccc2OC12CCN(c1ccc(I)cc1)CC2. The third-order valence-corrected chi connectivity index (χ3v) is 5.20. The van der Waals surface area contributed by atoms with Gasteiger partial charge in [-0.1, -0.05) is 0 Å². The lowest BCUT2D eigenvalue weighted by atomic mass is 9.88. The predicted octanol–water partition coefficient (Wildman–Crippen LogP) is 3.06. The minimum absolute atomic E-state index is 0.0778. The van der Waals surface area contributed by atoms with Crippen molar-refractivity contribution in [2.75, 3.05) is 23.3 Å². The number of ether oxygens (including phenoxy) is 1. The smallest absolute Gasteiger partial charge is 0.269 e. The summed E-state index contributed by atoms with van der Waals surface area (Å²) in [6.07, 6.45) is 2.98. The highest BCUT2D eigenvalue weighted by Gasteiger charge is 2.47. The van der Waals surface area contributed by atoms with Crippen LogP contribution in [0.3, 0.4) is 0 Å².